The molecule has 2 aliphatic rings. The van der Waals surface area contributed by atoms with Gasteiger partial charge in [0.1, 0.15) is 23.0 Å². The first kappa shape index (κ1) is 22.0. The zero-order chi connectivity index (χ0) is 23.5. The van der Waals surface area contributed by atoms with Gasteiger partial charge in [0.05, 0.1) is 6.61 Å². The lowest BCUT2D eigenvalue weighted by molar-refractivity contribution is 0.0978. The zero-order valence-corrected chi connectivity index (χ0v) is 19.2. The minimum atomic E-state index is -0.360. The summed E-state index contributed by atoms with van der Waals surface area (Å²) in [6.45, 7) is 4.20. The fraction of sp³-hybridized carbons (Fsp3) is 0.417. The number of amides is 2. The maximum absolute atomic E-state index is 12.9. The van der Waals surface area contributed by atoms with Crippen LogP contribution < -0.4 is 5.32 Å². The SMILES string of the molecule is CCCOC(=O)N1CCc2cnc(C(=O)Nc3cccc(-c4nnc5n4CCCC5)n3)cc2C1. The number of aryl methyl sites for hydroxylation is 1. The van der Waals surface area contributed by atoms with E-state index < -0.39 is 0 Å². The highest BCUT2D eigenvalue weighted by molar-refractivity contribution is 6.02. The predicted octanol–water partition coefficient (Wildman–Crippen LogP) is 3.23. The molecule has 2 aliphatic heterocycles. The average Bonchev–Trinajstić information content (AvgIpc) is 3.31. The summed E-state index contributed by atoms with van der Waals surface area (Å²) in [7, 11) is 0. The van der Waals surface area contributed by atoms with Gasteiger partial charge < -0.3 is 19.5 Å². The van der Waals surface area contributed by atoms with Gasteiger partial charge >= 0.3 is 6.09 Å². The van der Waals surface area contributed by atoms with Crippen LogP contribution in [0.15, 0.2) is 30.5 Å². The van der Waals surface area contributed by atoms with Crippen molar-refractivity contribution < 1.29 is 14.3 Å². The van der Waals surface area contributed by atoms with Gasteiger partial charge in [0.15, 0.2) is 5.82 Å². The molecule has 2 amide bonds. The van der Waals surface area contributed by atoms with Gasteiger partial charge in [-0.3, -0.25) is 9.78 Å². The van der Waals surface area contributed by atoms with Crippen molar-refractivity contribution in [1.29, 1.82) is 0 Å². The van der Waals surface area contributed by atoms with E-state index in [0.717, 1.165) is 49.2 Å². The van der Waals surface area contributed by atoms with Crippen LogP contribution in [0.2, 0.25) is 0 Å². The van der Waals surface area contributed by atoms with E-state index in [1.807, 2.05) is 19.1 Å². The average molecular weight is 462 g/mol. The first-order valence-corrected chi connectivity index (χ1v) is 11.7. The van der Waals surface area contributed by atoms with Gasteiger partial charge in [0.25, 0.3) is 5.91 Å². The summed E-state index contributed by atoms with van der Waals surface area (Å²) in [5.41, 5.74) is 2.87. The Hall–Kier alpha value is -3.82. The van der Waals surface area contributed by atoms with Crippen LogP contribution in [0.25, 0.3) is 11.5 Å². The van der Waals surface area contributed by atoms with E-state index in [1.165, 1.54) is 0 Å². The van der Waals surface area contributed by atoms with Gasteiger partial charge in [0.2, 0.25) is 0 Å². The van der Waals surface area contributed by atoms with Crippen LogP contribution in [0, 0.1) is 0 Å². The van der Waals surface area contributed by atoms with Crippen LogP contribution in [0.1, 0.15) is 53.6 Å². The third-order valence-electron chi connectivity index (χ3n) is 6.09. The molecular weight excluding hydrogens is 434 g/mol. The number of hydrogen-bond acceptors (Lipinski definition) is 7. The molecule has 34 heavy (non-hydrogen) atoms. The van der Waals surface area contributed by atoms with Gasteiger partial charge in [-0.05, 0) is 55.0 Å². The summed E-state index contributed by atoms with van der Waals surface area (Å²) in [5, 5.41) is 11.4. The molecule has 5 heterocycles. The summed E-state index contributed by atoms with van der Waals surface area (Å²) >= 11 is 0. The van der Waals surface area contributed by atoms with Gasteiger partial charge in [-0.2, -0.15) is 0 Å². The minimum absolute atomic E-state index is 0.273. The van der Waals surface area contributed by atoms with Gasteiger partial charge in [-0.25, -0.2) is 9.78 Å². The Bertz CT molecular complexity index is 1220. The number of hydrogen-bond donors (Lipinski definition) is 1. The first-order chi connectivity index (χ1) is 16.6. The van der Waals surface area contributed by atoms with Crippen molar-refractivity contribution in [2.24, 2.45) is 0 Å². The number of pyridine rings is 2. The lowest BCUT2D eigenvalue weighted by atomic mass is 10.0. The Morgan fingerprint density at radius 2 is 2.03 bits per heavy atom. The van der Waals surface area contributed by atoms with Crippen LogP contribution in [0.3, 0.4) is 0 Å². The molecule has 10 heteroatoms. The van der Waals surface area contributed by atoms with E-state index in [0.29, 0.717) is 43.5 Å². The molecule has 3 aromatic rings. The molecule has 0 unspecified atom stereocenters. The van der Waals surface area contributed by atoms with Crippen molar-refractivity contribution in [2.45, 2.75) is 52.1 Å². The van der Waals surface area contributed by atoms with Gasteiger partial charge in [0, 0.05) is 32.3 Å². The number of aromatic nitrogens is 5. The second kappa shape index (κ2) is 9.58. The third-order valence-corrected chi connectivity index (χ3v) is 6.09. The van der Waals surface area contributed by atoms with E-state index in [2.05, 4.69) is 30.0 Å². The second-order valence-electron chi connectivity index (χ2n) is 8.53. The molecule has 0 aliphatic carbocycles. The summed E-state index contributed by atoms with van der Waals surface area (Å²) in [5.74, 6) is 1.75. The largest absolute Gasteiger partial charge is 0.449 e. The topological polar surface area (TPSA) is 115 Å². The number of nitrogens with zero attached hydrogens (tertiary/aromatic N) is 6. The normalized spacial score (nSPS) is 14.8. The van der Waals surface area contributed by atoms with Crippen LogP contribution in [-0.2, 0) is 30.7 Å². The highest BCUT2D eigenvalue weighted by Gasteiger charge is 2.24. The molecule has 3 aromatic heterocycles. The number of rotatable bonds is 5. The quantitative estimate of drug-likeness (QED) is 0.620. The Kier molecular flexibility index (Phi) is 6.20. The number of ether oxygens (including phenoxy) is 1. The molecule has 0 radical (unpaired) electrons. The van der Waals surface area contributed by atoms with Crippen LogP contribution >= 0.6 is 0 Å². The fourth-order valence-corrected chi connectivity index (χ4v) is 4.31. The zero-order valence-electron chi connectivity index (χ0n) is 19.2. The highest BCUT2D eigenvalue weighted by atomic mass is 16.6. The van der Waals surface area contributed by atoms with E-state index in [9.17, 15) is 9.59 Å². The monoisotopic (exact) mass is 461 g/mol. The number of nitrogens with one attached hydrogen (secondary N) is 1. The lowest BCUT2D eigenvalue weighted by Crippen LogP contribution is -2.36. The molecule has 0 saturated carbocycles. The number of anilines is 1. The minimum Gasteiger partial charge on any atom is -0.449 e. The van der Waals surface area contributed by atoms with Crippen LogP contribution in [0.4, 0.5) is 10.6 Å². The Labute approximate surface area is 197 Å². The summed E-state index contributed by atoms with van der Waals surface area (Å²) in [4.78, 5) is 35.8. The summed E-state index contributed by atoms with van der Waals surface area (Å²) in [6.07, 6.45) is 5.97. The van der Waals surface area contributed by atoms with Crippen molar-refractivity contribution in [3.63, 3.8) is 0 Å². The van der Waals surface area contributed by atoms with Gasteiger partial charge in [-0.15, -0.1) is 10.2 Å². The molecule has 1 N–H and O–H groups in total. The van der Waals surface area contributed by atoms with E-state index in [4.69, 9.17) is 4.74 Å². The van der Waals surface area contributed by atoms with Crippen molar-refractivity contribution in [3.8, 4) is 11.5 Å². The molecule has 0 spiro atoms. The number of fused-ring (bicyclic) bond motifs is 2. The fourth-order valence-electron chi connectivity index (χ4n) is 4.31. The lowest BCUT2D eigenvalue weighted by Gasteiger charge is -2.28. The van der Waals surface area contributed by atoms with Crippen molar-refractivity contribution >= 4 is 17.8 Å². The maximum atomic E-state index is 12.9. The Balaban J connectivity index is 1.30. The maximum Gasteiger partial charge on any atom is 0.410 e. The molecular formula is C24H27N7O3. The Morgan fingerprint density at radius 1 is 1.12 bits per heavy atom. The predicted molar refractivity (Wildman–Crippen MR) is 124 cm³/mol. The molecule has 0 fully saturated rings. The highest BCUT2D eigenvalue weighted by Crippen LogP contribution is 2.23. The molecule has 0 atom stereocenters. The summed E-state index contributed by atoms with van der Waals surface area (Å²) < 4.78 is 7.35. The Morgan fingerprint density at radius 3 is 2.91 bits per heavy atom. The first-order valence-electron chi connectivity index (χ1n) is 11.7. The molecule has 0 saturated heterocycles. The van der Waals surface area contributed by atoms with Crippen molar-refractivity contribution in [3.05, 3.63) is 53.1 Å². The molecule has 0 bridgehead atoms. The molecule has 176 valence electrons. The number of carbonyl (C=O) groups is 2. The van der Waals surface area contributed by atoms with E-state index >= 15 is 0 Å². The smallest absolute Gasteiger partial charge is 0.410 e. The van der Waals surface area contributed by atoms with Crippen LogP contribution in [0.5, 0.6) is 0 Å². The van der Waals surface area contributed by atoms with E-state index in [1.54, 1.807) is 23.2 Å². The van der Waals surface area contributed by atoms with Crippen molar-refractivity contribution in [1.82, 2.24) is 29.6 Å². The molecule has 10 nitrogen and oxygen atoms in total. The van der Waals surface area contributed by atoms with E-state index in [-0.39, 0.29) is 17.7 Å². The second-order valence-corrected chi connectivity index (χ2v) is 8.53. The third kappa shape index (κ3) is 4.48. The van der Waals surface area contributed by atoms with Crippen LogP contribution in [-0.4, -0.2) is 54.8 Å². The van der Waals surface area contributed by atoms with Gasteiger partial charge in [-0.1, -0.05) is 13.0 Å². The molecule has 5 rings (SSSR count). The van der Waals surface area contributed by atoms with Crippen molar-refractivity contribution in [2.75, 3.05) is 18.5 Å². The molecule has 0 aromatic carbocycles. The standard InChI is InChI=1S/C24H27N7O3/c1-2-12-34-24(33)30-11-9-16-14-25-19(13-17(16)15-30)23(32)27-20-7-5-6-18(26-20)22-29-28-21-8-3-4-10-31(21)22/h5-7,13-14H,2-4,8-12,15H2,1H3,(H,26,27,32). The number of carbonyl (C=O) groups excluding carboxylic acids is 2. The summed E-state index contributed by atoms with van der Waals surface area (Å²) in [6, 6.07) is 7.18.